The van der Waals surface area contributed by atoms with Crippen LogP contribution in [0.25, 0.3) is 0 Å². The molecule has 1 atom stereocenters. The molecule has 0 bridgehead atoms. The molecule has 29 heavy (non-hydrogen) atoms. The second-order valence-corrected chi connectivity index (χ2v) is 8.02. The molecule has 2 aromatic carbocycles. The van der Waals surface area contributed by atoms with Crippen LogP contribution in [0.1, 0.15) is 48.5 Å². The molecule has 7 heteroatoms. The number of hydrogen-bond donors (Lipinski definition) is 2. The molecule has 0 aromatic heterocycles. The van der Waals surface area contributed by atoms with Crippen LogP contribution >= 0.6 is 11.8 Å². The summed E-state index contributed by atoms with van der Waals surface area (Å²) >= 11 is 1.56. The number of para-hydroxylation sites is 1. The monoisotopic (exact) mass is 412 g/mol. The highest BCUT2D eigenvalue weighted by Crippen LogP contribution is 2.31. The van der Waals surface area contributed by atoms with Crippen LogP contribution in [-0.2, 0) is 14.3 Å². The molecule has 0 fully saturated rings. The molecule has 1 aliphatic rings. The third-order valence-corrected chi connectivity index (χ3v) is 5.86. The maximum absolute atomic E-state index is 12.4. The number of nitrogens with one attached hydrogen (secondary N) is 2. The van der Waals surface area contributed by atoms with E-state index in [9.17, 15) is 14.4 Å². The van der Waals surface area contributed by atoms with Gasteiger partial charge in [0.15, 0.2) is 6.61 Å². The molecule has 0 unspecified atom stereocenters. The van der Waals surface area contributed by atoms with Gasteiger partial charge in [-0.25, -0.2) is 4.79 Å². The van der Waals surface area contributed by atoms with Gasteiger partial charge in [-0.1, -0.05) is 32.0 Å². The molecule has 0 spiro atoms. The van der Waals surface area contributed by atoms with E-state index < -0.39 is 11.9 Å². The Morgan fingerprint density at radius 1 is 1.24 bits per heavy atom. The van der Waals surface area contributed by atoms with E-state index in [1.807, 2.05) is 24.3 Å². The summed E-state index contributed by atoms with van der Waals surface area (Å²) in [6.45, 7) is 3.80. The molecule has 1 aliphatic heterocycles. The Labute approximate surface area is 174 Å². The van der Waals surface area contributed by atoms with Gasteiger partial charge in [0.25, 0.3) is 5.91 Å². The first-order valence-corrected chi connectivity index (χ1v) is 10.6. The average Bonchev–Trinajstić information content (AvgIpc) is 2.91. The zero-order valence-corrected chi connectivity index (χ0v) is 17.3. The molecule has 0 saturated heterocycles. The van der Waals surface area contributed by atoms with Gasteiger partial charge in [0, 0.05) is 22.8 Å². The van der Waals surface area contributed by atoms with Crippen LogP contribution in [0.4, 0.5) is 11.4 Å². The lowest BCUT2D eigenvalue weighted by Gasteiger charge is -2.15. The third kappa shape index (κ3) is 5.38. The molecule has 2 amide bonds. The van der Waals surface area contributed by atoms with Crippen LogP contribution in [0.15, 0.2) is 47.4 Å². The van der Waals surface area contributed by atoms with Crippen molar-refractivity contribution in [3.8, 4) is 0 Å². The van der Waals surface area contributed by atoms with Crippen LogP contribution in [0.2, 0.25) is 0 Å². The maximum Gasteiger partial charge on any atom is 0.338 e. The number of hydrogen-bond acceptors (Lipinski definition) is 5. The number of ether oxygens (including phenoxy) is 1. The third-order valence-electron chi connectivity index (χ3n) is 4.79. The van der Waals surface area contributed by atoms with Gasteiger partial charge in [-0.05, 0) is 42.2 Å². The molecule has 1 heterocycles. The summed E-state index contributed by atoms with van der Waals surface area (Å²) in [7, 11) is 0. The number of benzene rings is 2. The van der Waals surface area contributed by atoms with E-state index in [-0.39, 0.29) is 12.5 Å². The van der Waals surface area contributed by atoms with Crippen LogP contribution in [0.5, 0.6) is 0 Å². The van der Waals surface area contributed by atoms with Crippen molar-refractivity contribution in [2.45, 2.75) is 37.5 Å². The Morgan fingerprint density at radius 2 is 2.03 bits per heavy atom. The SMILES string of the molecule is CC[C@H](C)c1ccccc1NC(=O)COC(=O)c1ccc2c(c1)NC(=O)CCS2. The van der Waals surface area contributed by atoms with Crippen molar-refractivity contribution in [3.05, 3.63) is 53.6 Å². The van der Waals surface area contributed by atoms with Gasteiger partial charge in [-0.2, -0.15) is 0 Å². The molecule has 2 aromatic rings. The number of thioether (sulfide) groups is 1. The summed E-state index contributed by atoms with van der Waals surface area (Å²) in [6.07, 6.45) is 1.38. The molecular weight excluding hydrogens is 388 g/mol. The Morgan fingerprint density at radius 3 is 2.83 bits per heavy atom. The van der Waals surface area contributed by atoms with Gasteiger partial charge < -0.3 is 15.4 Å². The largest absolute Gasteiger partial charge is 0.452 e. The summed E-state index contributed by atoms with van der Waals surface area (Å²) in [5.74, 6) is -0.0850. The number of carbonyl (C=O) groups excluding carboxylic acids is 3. The van der Waals surface area contributed by atoms with Crippen molar-refractivity contribution in [2.24, 2.45) is 0 Å². The molecule has 0 saturated carbocycles. The predicted molar refractivity (Wildman–Crippen MR) is 114 cm³/mol. The van der Waals surface area contributed by atoms with Crippen LogP contribution in [0, 0.1) is 0 Å². The number of fused-ring (bicyclic) bond motifs is 1. The highest BCUT2D eigenvalue weighted by Gasteiger charge is 2.18. The van der Waals surface area contributed by atoms with Crippen LogP contribution in [-0.4, -0.2) is 30.1 Å². The second kappa shape index (κ2) is 9.60. The van der Waals surface area contributed by atoms with Crippen molar-refractivity contribution in [1.82, 2.24) is 0 Å². The van der Waals surface area contributed by atoms with Gasteiger partial charge in [-0.15, -0.1) is 11.8 Å². The van der Waals surface area contributed by atoms with Gasteiger partial charge in [0.05, 0.1) is 11.3 Å². The predicted octanol–water partition coefficient (Wildman–Crippen LogP) is 4.43. The minimum absolute atomic E-state index is 0.0823. The lowest BCUT2D eigenvalue weighted by atomic mass is 9.97. The van der Waals surface area contributed by atoms with E-state index in [1.165, 1.54) is 0 Å². The fourth-order valence-electron chi connectivity index (χ4n) is 3.01. The fourth-order valence-corrected chi connectivity index (χ4v) is 3.95. The molecular formula is C22H24N2O4S. The topological polar surface area (TPSA) is 84.5 Å². The summed E-state index contributed by atoms with van der Waals surface area (Å²) in [6, 6.07) is 12.6. The molecule has 0 radical (unpaired) electrons. The maximum atomic E-state index is 12.4. The van der Waals surface area contributed by atoms with Gasteiger partial charge in [-0.3, -0.25) is 9.59 Å². The van der Waals surface area contributed by atoms with E-state index in [2.05, 4.69) is 24.5 Å². The van der Waals surface area contributed by atoms with E-state index in [4.69, 9.17) is 4.74 Å². The average molecular weight is 413 g/mol. The zero-order valence-electron chi connectivity index (χ0n) is 16.5. The van der Waals surface area contributed by atoms with Crippen LogP contribution in [0.3, 0.4) is 0 Å². The first kappa shape index (κ1) is 20.9. The van der Waals surface area contributed by atoms with Crippen molar-refractivity contribution in [2.75, 3.05) is 23.0 Å². The Bertz CT molecular complexity index is 929. The summed E-state index contributed by atoms with van der Waals surface area (Å²) in [5, 5.41) is 5.61. The standard InChI is InChI=1S/C22H24N2O4S/c1-3-14(2)16-6-4-5-7-17(16)23-21(26)13-28-22(27)15-8-9-19-18(12-15)24-20(25)10-11-29-19/h4-9,12,14H,3,10-11,13H2,1-2H3,(H,23,26)(H,24,25)/t14-/m0/s1. The Kier molecular flexibility index (Phi) is 6.93. The van der Waals surface area contributed by atoms with Gasteiger partial charge in [0.1, 0.15) is 0 Å². The summed E-state index contributed by atoms with van der Waals surface area (Å²) in [4.78, 5) is 37.3. The Hall–Kier alpha value is -2.80. The van der Waals surface area contributed by atoms with Crippen LogP contribution < -0.4 is 10.6 Å². The van der Waals surface area contributed by atoms with E-state index in [0.717, 1.165) is 22.6 Å². The number of carbonyl (C=O) groups is 3. The molecule has 0 aliphatic carbocycles. The van der Waals surface area contributed by atoms with Gasteiger partial charge in [0.2, 0.25) is 5.91 Å². The first-order chi connectivity index (χ1) is 14.0. The van der Waals surface area contributed by atoms with E-state index >= 15 is 0 Å². The molecule has 6 nitrogen and oxygen atoms in total. The lowest BCUT2D eigenvalue weighted by molar-refractivity contribution is -0.119. The summed E-state index contributed by atoms with van der Waals surface area (Å²) < 4.78 is 5.17. The highest BCUT2D eigenvalue weighted by atomic mass is 32.2. The molecule has 2 N–H and O–H groups in total. The fraction of sp³-hybridized carbons (Fsp3) is 0.318. The first-order valence-electron chi connectivity index (χ1n) is 9.60. The lowest BCUT2D eigenvalue weighted by Crippen LogP contribution is -2.22. The van der Waals surface area contributed by atoms with Crippen molar-refractivity contribution < 1.29 is 19.1 Å². The normalized spacial score (nSPS) is 14.2. The number of rotatable bonds is 6. The summed E-state index contributed by atoms with van der Waals surface area (Å²) in [5.41, 5.74) is 2.67. The van der Waals surface area contributed by atoms with Gasteiger partial charge >= 0.3 is 5.97 Å². The Balaban J connectivity index is 1.61. The van der Waals surface area contributed by atoms with E-state index in [1.54, 1.807) is 30.0 Å². The molecule has 3 rings (SSSR count). The van der Waals surface area contributed by atoms with Crippen molar-refractivity contribution in [3.63, 3.8) is 0 Å². The zero-order chi connectivity index (χ0) is 20.8. The molecule has 152 valence electrons. The van der Waals surface area contributed by atoms with Crippen molar-refractivity contribution in [1.29, 1.82) is 0 Å². The number of amides is 2. The van der Waals surface area contributed by atoms with E-state index in [0.29, 0.717) is 29.3 Å². The smallest absolute Gasteiger partial charge is 0.338 e. The number of esters is 1. The highest BCUT2D eigenvalue weighted by molar-refractivity contribution is 7.99. The second-order valence-electron chi connectivity index (χ2n) is 6.88. The van der Waals surface area contributed by atoms with Crippen molar-refractivity contribution >= 4 is 40.9 Å². The quantitative estimate of drug-likeness (QED) is 0.686. The minimum Gasteiger partial charge on any atom is -0.452 e. The number of anilines is 2. The minimum atomic E-state index is -0.610.